The number of carbonyl (C=O) groups excluding carboxylic acids is 4. The molecule has 2 saturated heterocycles. The Hall–Kier alpha value is -4.81. The molecule has 6 atom stereocenters. The van der Waals surface area contributed by atoms with E-state index in [1.165, 1.54) is 29.2 Å². The van der Waals surface area contributed by atoms with Crippen molar-refractivity contribution in [2.75, 3.05) is 12.0 Å². The number of benzene rings is 2. The second-order valence-corrected chi connectivity index (χ2v) is 13.8. The van der Waals surface area contributed by atoms with Crippen LogP contribution in [0.3, 0.4) is 0 Å². The predicted molar refractivity (Wildman–Crippen MR) is 176 cm³/mol. The highest BCUT2D eigenvalue weighted by Gasteiger charge is 2.71. The van der Waals surface area contributed by atoms with E-state index in [4.69, 9.17) is 21.1 Å². The molecule has 13 heteroatoms. The number of unbranched alkanes of at least 4 members (excludes halogenated alkanes) is 2. The van der Waals surface area contributed by atoms with Crippen molar-refractivity contribution in [3.63, 3.8) is 0 Å². The van der Waals surface area contributed by atoms with Crippen molar-refractivity contribution in [3.05, 3.63) is 100 Å². The van der Waals surface area contributed by atoms with Crippen LogP contribution in [-0.4, -0.2) is 56.3 Å². The van der Waals surface area contributed by atoms with Gasteiger partial charge in [-0.25, -0.2) is 4.39 Å². The van der Waals surface area contributed by atoms with E-state index < -0.39 is 65.2 Å². The first-order chi connectivity index (χ1) is 24.1. The van der Waals surface area contributed by atoms with Gasteiger partial charge in [0.25, 0.3) is 11.8 Å². The average molecular weight is 704 g/mol. The molecule has 50 heavy (non-hydrogen) atoms. The SMILES string of the molecule is O=C(O)CCCCCN1C(=O)C2CC=C3C(CC4C(=O)N(Nc5ccc(F)cc5)C(=O)C4(c4ccc(Cl)cc4)C3c3ccc(CO)o3)C2C1=O. The first-order valence-electron chi connectivity index (χ1n) is 16.7. The second kappa shape index (κ2) is 13.1. The lowest BCUT2D eigenvalue weighted by Gasteiger charge is -2.49. The molecule has 6 unspecified atom stereocenters. The summed E-state index contributed by atoms with van der Waals surface area (Å²) in [6.07, 6.45) is 3.66. The number of fused-ring (bicyclic) bond motifs is 4. The van der Waals surface area contributed by atoms with Gasteiger partial charge in [0.05, 0.1) is 29.4 Å². The zero-order valence-corrected chi connectivity index (χ0v) is 27.6. The molecule has 260 valence electrons. The molecular formula is C37H35ClFN3O8. The van der Waals surface area contributed by atoms with Gasteiger partial charge in [-0.15, -0.1) is 0 Å². The minimum atomic E-state index is -1.58. The van der Waals surface area contributed by atoms with Crippen molar-refractivity contribution in [1.29, 1.82) is 0 Å². The highest BCUT2D eigenvalue weighted by atomic mass is 35.5. The van der Waals surface area contributed by atoms with E-state index in [0.29, 0.717) is 46.9 Å². The van der Waals surface area contributed by atoms with Gasteiger partial charge in [0.15, 0.2) is 0 Å². The lowest BCUT2D eigenvalue weighted by atomic mass is 9.50. The molecule has 0 bridgehead atoms. The summed E-state index contributed by atoms with van der Waals surface area (Å²) < 4.78 is 19.9. The predicted octanol–water partition coefficient (Wildman–Crippen LogP) is 5.19. The van der Waals surface area contributed by atoms with Gasteiger partial charge in [0.2, 0.25) is 11.8 Å². The number of nitrogens with zero attached hydrogens (tertiary/aromatic N) is 2. The molecule has 3 aromatic rings. The number of hydrogen-bond donors (Lipinski definition) is 3. The summed E-state index contributed by atoms with van der Waals surface area (Å²) in [5.41, 5.74) is 2.82. The van der Waals surface area contributed by atoms with Crippen LogP contribution < -0.4 is 5.43 Å². The highest BCUT2D eigenvalue weighted by Crippen LogP contribution is 2.64. The van der Waals surface area contributed by atoms with Crippen LogP contribution in [0, 0.1) is 29.5 Å². The monoisotopic (exact) mass is 703 g/mol. The number of halogens is 2. The second-order valence-electron chi connectivity index (χ2n) is 13.4. The van der Waals surface area contributed by atoms with E-state index in [2.05, 4.69) is 5.43 Å². The number of amides is 4. The van der Waals surface area contributed by atoms with Gasteiger partial charge in [-0.3, -0.25) is 34.3 Å². The lowest BCUT2D eigenvalue weighted by molar-refractivity contribution is -0.141. The van der Waals surface area contributed by atoms with Gasteiger partial charge < -0.3 is 14.6 Å². The Bertz CT molecular complexity index is 1890. The number of hydrogen-bond acceptors (Lipinski definition) is 8. The number of rotatable bonds is 11. The number of nitrogens with one attached hydrogen (secondary N) is 1. The lowest BCUT2D eigenvalue weighted by Crippen LogP contribution is -2.53. The number of aliphatic hydroxyl groups is 1. The number of allylic oxidation sites excluding steroid dienone is 2. The smallest absolute Gasteiger partial charge is 0.303 e. The van der Waals surface area contributed by atoms with Crippen LogP contribution in [0.2, 0.25) is 5.02 Å². The van der Waals surface area contributed by atoms with Crippen molar-refractivity contribution < 1.29 is 43.0 Å². The van der Waals surface area contributed by atoms with E-state index in [-0.39, 0.29) is 43.4 Å². The molecule has 2 aliphatic heterocycles. The van der Waals surface area contributed by atoms with E-state index in [1.807, 2.05) is 6.08 Å². The standard InChI is InChI=1S/C37H35ClFN3O8/c38-21-7-5-20(6-8-21)37-28(34(47)42(36(37)49)40-23-11-9-22(39)10-12-23)18-27-25(32(37)29-16-13-24(19-43)50-29)14-15-26-31(27)35(48)41(33(26)46)17-3-1-2-4-30(44)45/h5-14,16,26-28,31-32,40,43H,1-4,15,17-19H2,(H,44,45). The molecule has 3 heterocycles. The van der Waals surface area contributed by atoms with Gasteiger partial charge >= 0.3 is 5.97 Å². The third-order valence-electron chi connectivity index (χ3n) is 10.7. The molecule has 11 nitrogen and oxygen atoms in total. The van der Waals surface area contributed by atoms with E-state index in [9.17, 15) is 28.7 Å². The van der Waals surface area contributed by atoms with E-state index in [1.54, 1.807) is 36.4 Å². The number of aliphatic carboxylic acids is 1. The van der Waals surface area contributed by atoms with Gasteiger partial charge in [-0.05, 0) is 85.7 Å². The van der Waals surface area contributed by atoms with Gasteiger partial charge in [-0.1, -0.05) is 41.8 Å². The largest absolute Gasteiger partial charge is 0.481 e. The summed E-state index contributed by atoms with van der Waals surface area (Å²) in [5.74, 6) is -6.55. The summed E-state index contributed by atoms with van der Waals surface area (Å²) in [7, 11) is 0. The molecule has 3 fully saturated rings. The Morgan fingerprint density at radius 1 is 0.940 bits per heavy atom. The molecule has 4 amide bonds. The summed E-state index contributed by atoms with van der Waals surface area (Å²) in [5, 5.41) is 20.3. The normalized spacial score (nSPS) is 27.3. The van der Waals surface area contributed by atoms with Gasteiger partial charge in [0.1, 0.15) is 29.4 Å². The molecule has 2 aromatic carbocycles. The molecular weight excluding hydrogens is 669 g/mol. The molecule has 1 aromatic heterocycles. The van der Waals surface area contributed by atoms with Crippen molar-refractivity contribution in [3.8, 4) is 0 Å². The minimum Gasteiger partial charge on any atom is -0.481 e. The van der Waals surface area contributed by atoms with Crippen LogP contribution in [-0.2, 0) is 36.0 Å². The number of imide groups is 2. The van der Waals surface area contributed by atoms with Crippen LogP contribution in [0.15, 0.2) is 76.7 Å². The number of hydrazine groups is 1. The van der Waals surface area contributed by atoms with E-state index >= 15 is 4.79 Å². The number of anilines is 1. The summed E-state index contributed by atoms with van der Waals surface area (Å²) in [6.45, 7) is -0.241. The molecule has 7 rings (SSSR count). The van der Waals surface area contributed by atoms with Crippen LogP contribution in [0.4, 0.5) is 10.1 Å². The number of carboxylic acid groups (broad SMARTS) is 1. The fourth-order valence-electron chi connectivity index (χ4n) is 8.61. The molecule has 3 N–H and O–H groups in total. The third kappa shape index (κ3) is 5.41. The van der Waals surface area contributed by atoms with Crippen LogP contribution in [0.25, 0.3) is 0 Å². The summed E-state index contributed by atoms with van der Waals surface area (Å²) in [4.78, 5) is 69.6. The zero-order valence-electron chi connectivity index (χ0n) is 26.9. The minimum absolute atomic E-state index is 0.00516. The Balaban J connectivity index is 1.33. The van der Waals surface area contributed by atoms with Crippen molar-refractivity contribution in [2.45, 2.75) is 56.5 Å². The van der Waals surface area contributed by atoms with Crippen LogP contribution in [0.5, 0.6) is 0 Å². The van der Waals surface area contributed by atoms with Crippen molar-refractivity contribution in [2.24, 2.45) is 23.7 Å². The quantitative estimate of drug-likeness (QED) is 0.139. The molecule has 1 saturated carbocycles. The third-order valence-corrected chi connectivity index (χ3v) is 11.0. The Morgan fingerprint density at radius 3 is 2.36 bits per heavy atom. The number of furan rings is 1. The first kappa shape index (κ1) is 33.7. The Kier molecular flexibility index (Phi) is 8.85. The Labute approximate surface area is 291 Å². The molecule has 0 radical (unpaired) electrons. The van der Waals surface area contributed by atoms with Crippen molar-refractivity contribution >= 4 is 46.9 Å². The molecule has 2 aliphatic carbocycles. The summed E-state index contributed by atoms with van der Waals surface area (Å²) in [6, 6.07) is 15.2. The van der Waals surface area contributed by atoms with Gasteiger partial charge in [-0.2, -0.15) is 5.01 Å². The van der Waals surface area contributed by atoms with Crippen LogP contribution in [0.1, 0.15) is 61.5 Å². The molecule has 4 aliphatic rings. The summed E-state index contributed by atoms with van der Waals surface area (Å²) >= 11 is 6.30. The number of likely N-dealkylation sites (tertiary alicyclic amines) is 1. The zero-order chi connectivity index (χ0) is 35.3. The fourth-order valence-corrected chi connectivity index (χ4v) is 8.73. The number of carboxylic acids is 1. The highest BCUT2D eigenvalue weighted by molar-refractivity contribution is 6.30. The fraction of sp³-hybridized carbons (Fsp3) is 0.378. The number of aliphatic hydroxyl groups excluding tert-OH is 1. The first-order valence-corrected chi connectivity index (χ1v) is 17.1. The van der Waals surface area contributed by atoms with Crippen LogP contribution >= 0.6 is 11.6 Å². The molecule has 0 spiro atoms. The number of carbonyl (C=O) groups is 5. The maximum Gasteiger partial charge on any atom is 0.303 e. The van der Waals surface area contributed by atoms with Gasteiger partial charge in [0, 0.05) is 18.0 Å². The van der Waals surface area contributed by atoms with Crippen molar-refractivity contribution in [1.82, 2.24) is 9.91 Å². The topological polar surface area (TPSA) is 157 Å². The van der Waals surface area contributed by atoms with E-state index in [0.717, 1.165) is 5.01 Å². The Morgan fingerprint density at radius 2 is 1.68 bits per heavy atom. The maximum atomic E-state index is 15.0. The maximum absolute atomic E-state index is 15.0. The average Bonchev–Trinajstić information content (AvgIpc) is 3.74.